The standard InChI is InChI=1S/C19H26N2O3/c1-3-19(13(2)22,18(23)24)17(20)11-7-5-9-15-12-14-8-4-6-10-16(14)21-15/h4,6,8,10,12,17,21H,3,5,7,9,11,20H2,1-2H3,(H,23,24). The van der Waals surface area contributed by atoms with Crippen LogP contribution in [0.2, 0.25) is 0 Å². The molecular weight excluding hydrogens is 304 g/mol. The molecule has 0 bridgehead atoms. The van der Waals surface area contributed by atoms with Gasteiger partial charge in [-0.1, -0.05) is 31.5 Å². The maximum Gasteiger partial charge on any atom is 0.318 e. The van der Waals surface area contributed by atoms with Crippen LogP contribution in [0.25, 0.3) is 10.9 Å². The molecule has 1 aromatic carbocycles. The van der Waals surface area contributed by atoms with Crippen molar-refractivity contribution in [2.45, 2.75) is 52.0 Å². The molecular formula is C19H26N2O3. The van der Waals surface area contributed by atoms with Gasteiger partial charge in [0, 0.05) is 17.3 Å². The maximum atomic E-state index is 11.9. The lowest BCUT2D eigenvalue weighted by atomic mass is 9.73. The fraction of sp³-hybridized carbons (Fsp3) is 0.474. The number of aromatic nitrogens is 1. The molecule has 5 nitrogen and oxygen atoms in total. The summed E-state index contributed by atoms with van der Waals surface area (Å²) in [7, 11) is 0. The topological polar surface area (TPSA) is 96.2 Å². The number of hydrogen-bond acceptors (Lipinski definition) is 3. The zero-order chi connectivity index (χ0) is 17.7. The van der Waals surface area contributed by atoms with E-state index in [4.69, 9.17) is 5.73 Å². The zero-order valence-electron chi connectivity index (χ0n) is 14.3. The van der Waals surface area contributed by atoms with Crippen LogP contribution in [0.5, 0.6) is 0 Å². The summed E-state index contributed by atoms with van der Waals surface area (Å²) >= 11 is 0. The van der Waals surface area contributed by atoms with Gasteiger partial charge in [0.15, 0.2) is 0 Å². The van der Waals surface area contributed by atoms with E-state index < -0.39 is 17.4 Å². The Morgan fingerprint density at radius 3 is 2.58 bits per heavy atom. The number of carboxylic acids is 1. The number of fused-ring (bicyclic) bond motifs is 1. The minimum atomic E-state index is -1.46. The second-order valence-corrected chi connectivity index (χ2v) is 6.42. The monoisotopic (exact) mass is 330 g/mol. The number of ketones is 1. The molecule has 1 aromatic heterocycles. The molecule has 2 unspecified atom stereocenters. The molecule has 0 aliphatic carbocycles. The number of benzene rings is 1. The summed E-state index contributed by atoms with van der Waals surface area (Å²) in [6.07, 6.45) is 3.32. The Bertz CT molecular complexity index is 673. The summed E-state index contributed by atoms with van der Waals surface area (Å²) in [5.74, 6) is -1.47. The third-order valence-electron chi connectivity index (χ3n) is 5.00. The van der Waals surface area contributed by atoms with Crippen molar-refractivity contribution in [1.29, 1.82) is 0 Å². The van der Waals surface area contributed by atoms with Crippen molar-refractivity contribution in [2.24, 2.45) is 11.1 Å². The van der Waals surface area contributed by atoms with E-state index in [1.807, 2.05) is 18.2 Å². The third-order valence-corrected chi connectivity index (χ3v) is 5.00. The van der Waals surface area contributed by atoms with Gasteiger partial charge in [-0.05, 0) is 50.1 Å². The highest BCUT2D eigenvalue weighted by Gasteiger charge is 2.46. The van der Waals surface area contributed by atoms with Crippen LogP contribution in [-0.2, 0) is 16.0 Å². The smallest absolute Gasteiger partial charge is 0.318 e. The molecule has 0 amide bonds. The number of carboxylic acid groups (broad SMARTS) is 1. The van der Waals surface area contributed by atoms with E-state index in [2.05, 4.69) is 17.1 Å². The number of Topliss-reactive ketones (excluding diaryl/α,β-unsaturated/α-hetero) is 1. The highest BCUT2D eigenvalue weighted by molar-refractivity contribution is 6.02. The van der Waals surface area contributed by atoms with Gasteiger partial charge in [0.05, 0.1) is 0 Å². The molecule has 5 heteroatoms. The average Bonchev–Trinajstić information content (AvgIpc) is 2.94. The number of carbonyl (C=O) groups is 2. The Labute approximate surface area is 142 Å². The van der Waals surface area contributed by atoms with Gasteiger partial charge < -0.3 is 15.8 Å². The van der Waals surface area contributed by atoms with Crippen LogP contribution in [-0.4, -0.2) is 27.9 Å². The van der Waals surface area contributed by atoms with Crippen molar-refractivity contribution in [2.75, 3.05) is 0 Å². The number of nitrogens with two attached hydrogens (primary N) is 1. The van der Waals surface area contributed by atoms with Gasteiger partial charge in [-0.2, -0.15) is 0 Å². The highest BCUT2D eigenvalue weighted by Crippen LogP contribution is 2.30. The van der Waals surface area contributed by atoms with Crippen molar-refractivity contribution < 1.29 is 14.7 Å². The predicted molar refractivity (Wildman–Crippen MR) is 94.9 cm³/mol. The van der Waals surface area contributed by atoms with E-state index >= 15 is 0 Å². The van der Waals surface area contributed by atoms with E-state index in [0.717, 1.165) is 30.5 Å². The largest absolute Gasteiger partial charge is 0.480 e. The second kappa shape index (κ2) is 7.62. The van der Waals surface area contributed by atoms with E-state index in [0.29, 0.717) is 6.42 Å². The summed E-state index contributed by atoms with van der Waals surface area (Å²) in [6, 6.07) is 9.61. The lowest BCUT2D eigenvalue weighted by Crippen LogP contribution is -2.52. The number of aromatic amines is 1. The van der Waals surface area contributed by atoms with Crippen LogP contribution >= 0.6 is 0 Å². The number of hydrogen-bond donors (Lipinski definition) is 3. The number of carbonyl (C=O) groups excluding carboxylic acids is 1. The van der Waals surface area contributed by atoms with Crippen LogP contribution < -0.4 is 5.73 Å². The molecule has 24 heavy (non-hydrogen) atoms. The Morgan fingerprint density at radius 2 is 2.00 bits per heavy atom. The van der Waals surface area contributed by atoms with Crippen LogP contribution in [0.3, 0.4) is 0 Å². The van der Waals surface area contributed by atoms with Crippen molar-refractivity contribution >= 4 is 22.7 Å². The number of rotatable bonds is 9. The third kappa shape index (κ3) is 3.51. The molecule has 2 rings (SSSR count). The maximum absolute atomic E-state index is 11.9. The molecule has 0 saturated heterocycles. The van der Waals surface area contributed by atoms with Gasteiger partial charge >= 0.3 is 5.97 Å². The minimum absolute atomic E-state index is 0.223. The normalized spacial score (nSPS) is 15.1. The minimum Gasteiger partial charge on any atom is -0.480 e. The Hall–Kier alpha value is -2.14. The average molecular weight is 330 g/mol. The number of aryl methyl sites for hydroxylation is 1. The van der Waals surface area contributed by atoms with Gasteiger partial charge in [0.25, 0.3) is 0 Å². The molecule has 130 valence electrons. The Morgan fingerprint density at radius 1 is 1.29 bits per heavy atom. The first-order chi connectivity index (χ1) is 11.4. The number of H-pyrrole nitrogens is 1. The first-order valence-corrected chi connectivity index (χ1v) is 8.48. The molecule has 4 N–H and O–H groups in total. The van der Waals surface area contributed by atoms with Crippen molar-refractivity contribution in [3.63, 3.8) is 0 Å². The predicted octanol–water partition coefficient (Wildman–Crippen LogP) is 3.28. The number of aliphatic carboxylic acids is 1. The lowest BCUT2D eigenvalue weighted by Gasteiger charge is -2.31. The van der Waals surface area contributed by atoms with Crippen LogP contribution in [0.4, 0.5) is 0 Å². The Balaban J connectivity index is 1.90. The van der Waals surface area contributed by atoms with Gasteiger partial charge in [-0.3, -0.25) is 9.59 Å². The SMILES string of the molecule is CCC(C(C)=O)(C(=O)O)C(N)CCCCc1cc2ccccc2[nH]1. The number of unbranched alkanes of at least 4 members (excludes halogenated alkanes) is 1. The van der Waals surface area contributed by atoms with Gasteiger partial charge in [-0.15, -0.1) is 0 Å². The van der Waals surface area contributed by atoms with Crippen LogP contribution in [0.15, 0.2) is 30.3 Å². The molecule has 0 radical (unpaired) electrons. The van der Waals surface area contributed by atoms with E-state index in [1.54, 1.807) is 6.92 Å². The summed E-state index contributed by atoms with van der Waals surface area (Å²) in [5, 5.41) is 10.7. The fourth-order valence-electron chi connectivity index (χ4n) is 3.43. The molecule has 0 aliphatic heterocycles. The summed E-state index contributed by atoms with van der Waals surface area (Å²) in [4.78, 5) is 26.8. The molecule has 0 aliphatic rings. The zero-order valence-corrected chi connectivity index (χ0v) is 14.3. The van der Waals surface area contributed by atoms with Crippen molar-refractivity contribution in [1.82, 2.24) is 4.98 Å². The summed E-state index contributed by atoms with van der Waals surface area (Å²) in [6.45, 7) is 3.03. The lowest BCUT2D eigenvalue weighted by molar-refractivity contribution is -0.156. The van der Waals surface area contributed by atoms with Crippen molar-refractivity contribution in [3.05, 3.63) is 36.0 Å². The molecule has 0 spiro atoms. The highest BCUT2D eigenvalue weighted by atomic mass is 16.4. The second-order valence-electron chi connectivity index (χ2n) is 6.42. The molecule has 1 heterocycles. The van der Waals surface area contributed by atoms with Crippen molar-refractivity contribution in [3.8, 4) is 0 Å². The number of para-hydroxylation sites is 1. The quantitative estimate of drug-likeness (QED) is 0.485. The summed E-state index contributed by atoms with van der Waals surface area (Å²) in [5.41, 5.74) is 6.92. The van der Waals surface area contributed by atoms with Crippen LogP contribution in [0, 0.1) is 5.41 Å². The van der Waals surface area contributed by atoms with E-state index in [9.17, 15) is 14.7 Å². The van der Waals surface area contributed by atoms with Gasteiger partial charge in [0.1, 0.15) is 11.2 Å². The molecule has 0 saturated carbocycles. The molecule has 2 atom stereocenters. The first kappa shape index (κ1) is 18.2. The Kier molecular flexibility index (Phi) is 5.78. The molecule has 2 aromatic rings. The van der Waals surface area contributed by atoms with Gasteiger partial charge in [0.2, 0.25) is 0 Å². The van der Waals surface area contributed by atoms with Gasteiger partial charge in [-0.25, -0.2) is 0 Å². The van der Waals surface area contributed by atoms with Crippen LogP contribution in [0.1, 0.15) is 45.2 Å². The fourth-order valence-corrected chi connectivity index (χ4v) is 3.43. The van der Waals surface area contributed by atoms with E-state index in [-0.39, 0.29) is 12.2 Å². The number of nitrogens with one attached hydrogen (secondary N) is 1. The first-order valence-electron chi connectivity index (χ1n) is 8.48. The summed E-state index contributed by atoms with van der Waals surface area (Å²) < 4.78 is 0. The van der Waals surface area contributed by atoms with E-state index in [1.165, 1.54) is 12.3 Å². The molecule has 0 fully saturated rings.